The standard InChI is InChI=1S/C16H25N3O2/c1-13-3-2-4-14(11-13)18-16(20)12-19-8-5-15(6-9-19)21-10-7-17/h2-4,11,15H,5-10,12,17H2,1H3,(H,18,20). The van der Waals surface area contributed by atoms with E-state index in [1.54, 1.807) is 0 Å². The van der Waals surface area contributed by atoms with E-state index in [1.807, 2.05) is 31.2 Å². The zero-order valence-corrected chi connectivity index (χ0v) is 12.7. The van der Waals surface area contributed by atoms with E-state index in [1.165, 1.54) is 0 Å². The molecule has 0 aliphatic carbocycles. The molecule has 1 heterocycles. The Balaban J connectivity index is 1.72. The van der Waals surface area contributed by atoms with Gasteiger partial charge in [0.1, 0.15) is 0 Å². The number of piperidine rings is 1. The van der Waals surface area contributed by atoms with Gasteiger partial charge in [-0.15, -0.1) is 0 Å². The number of likely N-dealkylation sites (tertiary alicyclic amines) is 1. The van der Waals surface area contributed by atoms with Crippen molar-refractivity contribution < 1.29 is 9.53 Å². The summed E-state index contributed by atoms with van der Waals surface area (Å²) >= 11 is 0. The summed E-state index contributed by atoms with van der Waals surface area (Å²) in [5.41, 5.74) is 7.44. The summed E-state index contributed by atoms with van der Waals surface area (Å²) < 4.78 is 5.64. The fourth-order valence-corrected chi connectivity index (χ4v) is 2.60. The molecule has 0 atom stereocenters. The highest BCUT2D eigenvalue weighted by Crippen LogP contribution is 2.14. The van der Waals surface area contributed by atoms with Crippen LogP contribution in [0.2, 0.25) is 0 Å². The van der Waals surface area contributed by atoms with Crippen LogP contribution in [0.4, 0.5) is 5.69 Å². The smallest absolute Gasteiger partial charge is 0.238 e. The molecular weight excluding hydrogens is 266 g/mol. The minimum Gasteiger partial charge on any atom is -0.377 e. The first kappa shape index (κ1) is 15.9. The van der Waals surface area contributed by atoms with Crippen LogP contribution in [0.25, 0.3) is 0 Å². The van der Waals surface area contributed by atoms with Crippen molar-refractivity contribution >= 4 is 11.6 Å². The van der Waals surface area contributed by atoms with Crippen molar-refractivity contribution in [3.63, 3.8) is 0 Å². The molecule has 0 unspecified atom stereocenters. The number of nitrogens with two attached hydrogens (primary N) is 1. The molecule has 2 rings (SSSR count). The summed E-state index contributed by atoms with van der Waals surface area (Å²) in [5.74, 6) is 0.0435. The first-order valence-corrected chi connectivity index (χ1v) is 7.58. The monoisotopic (exact) mass is 291 g/mol. The number of benzene rings is 1. The number of ether oxygens (including phenoxy) is 1. The van der Waals surface area contributed by atoms with Crippen molar-refractivity contribution in [1.29, 1.82) is 0 Å². The van der Waals surface area contributed by atoms with Crippen LogP contribution in [0.3, 0.4) is 0 Å². The van der Waals surface area contributed by atoms with E-state index in [4.69, 9.17) is 10.5 Å². The highest BCUT2D eigenvalue weighted by atomic mass is 16.5. The Morgan fingerprint density at radius 2 is 2.19 bits per heavy atom. The Hall–Kier alpha value is -1.43. The van der Waals surface area contributed by atoms with Gasteiger partial charge in [0.05, 0.1) is 19.3 Å². The number of amides is 1. The maximum Gasteiger partial charge on any atom is 0.238 e. The summed E-state index contributed by atoms with van der Waals surface area (Å²) in [6.45, 7) is 5.45. The molecule has 1 aliphatic heterocycles. The van der Waals surface area contributed by atoms with Gasteiger partial charge in [-0.2, -0.15) is 0 Å². The van der Waals surface area contributed by atoms with E-state index in [9.17, 15) is 4.79 Å². The number of nitrogens with zero attached hydrogens (tertiary/aromatic N) is 1. The topological polar surface area (TPSA) is 67.6 Å². The Bertz CT molecular complexity index is 457. The largest absolute Gasteiger partial charge is 0.377 e. The van der Waals surface area contributed by atoms with Gasteiger partial charge in [0.25, 0.3) is 0 Å². The molecular formula is C16H25N3O2. The molecule has 1 aliphatic rings. The molecule has 5 heteroatoms. The van der Waals surface area contributed by atoms with Crippen LogP contribution in [0.15, 0.2) is 24.3 Å². The number of aryl methyl sites for hydroxylation is 1. The summed E-state index contributed by atoms with van der Waals surface area (Å²) in [6, 6.07) is 7.86. The maximum atomic E-state index is 12.0. The van der Waals surface area contributed by atoms with E-state index >= 15 is 0 Å². The molecule has 1 aromatic carbocycles. The molecule has 0 spiro atoms. The molecule has 0 aromatic heterocycles. The lowest BCUT2D eigenvalue weighted by atomic mass is 10.1. The molecule has 1 aromatic rings. The second kappa shape index (κ2) is 8.12. The van der Waals surface area contributed by atoms with Crippen LogP contribution in [0, 0.1) is 6.92 Å². The van der Waals surface area contributed by atoms with Gasteiger partial charge >= 0.3 is 0 Å². The molecule has 116 valence electrons. The SMILES string of the molecule is Cc1cccc(NC(=O)CN2CCC(OCCN)CC2)c1. The van der Waals surface area contributed by atoms with Gasteiger partial charge < -0.3 is 15.8 Å². The number of carbonyl (C=O) groups excluding carboxylic acids is 1. The van der Waals surface area contributed by atoms with E-state index in [-0.39, 0.29) is 5.91 Å². The highest BCUT2D eigenvalue weighted by molar-refractivity contribution is 5.92. The second-order valence-electron chi connectivity index (χ2n) is 5.55. The number of nitrogens with one attached hydrogen (secondary N) is 1. The van der Waals surface area contributed by atoms with Crippen LogP contribution in [-0.4, -0.2) is 49.7 Å². The fraction of sp³-hybridized carbons (Fsp3) is 0.562. The summed E-state index contributed by atoms with van der Waals surface area (Å²) in [7, 11) is 0. The molecule has 0 radical (unpaired) electrons. The van der Waals surface area contributed by atoms with Crippen molar-refractivity contribution in [3.05, 3.63) is 29.8 Å². The van der Waals surface area contributed by atoms with Gasteiger partial charge in [-0.1, -0.05) is 12.1 Å². The molecule has 1 saturated heterocycles. The van der Waals surface area contributed by atoms with Gasteiger partial charge in [-0.3, -0.25) is 9.69 Å². The number of anilines is 1. The Morgan fingerprint density at radius 3 is 2.86 bits per heavy atom. The van der Waals surface area contributed by atoms with Gasteiger partial charge in [0.2, 0.25) is 5.91 Å². The Kier molecular flexibility index (Phi) is 6.17. The van der Waals surface area contributed by atoms with Crippen LogP contribution < -0.4 is 11.1 Å². The predicted octanol–water partition coefficient (Wildman–Crippen LogP) is 1.37. The molecule has 5 nitrogen and oxygen atoms in total. The third-order valence-corrected chi connectivity index (χ3v) is 3.68. The number of hydrogen-bond acceptors (Lipinski definition) is 4. The van der Waals surface area contributed by atoms with E-state index in [0.717, 1.165) is 37.2 Å². The molecule has 0 saturated carbocycles. The summed E-state index contributed by atoms with van der Waals surface area (Å²) in [4.78, 5) is 14.2. The van der Waals surface area contributed by atoms with Crippen LogP contribution >= 0.6 is 0 Å². The number of hydrogen-bond donors (Lipinski definition) is 2. The minimum atomic E-state index is 0.0435. The van der Waals surface area contributed by atoms with Crippen molar-refractivity contribution in [2.75, 3.05) is 38.1 Å². The Morgan fingerprint density at radius 1 is 1.43 bits per heavy atom. The quantitative estimate of drug-likeness (QED) is 0.831. The van der Waals surface area contributed by atoms with Crippen LogP contribution in [-0.2, 0) is 9.53 Å². The highest BCUT2D eigenvalue weighted by Gasteiger charge is 2.21. The lowest BCUT2D eigenvalue weighted by Crippen LogP contribution is -2.41. The predicted molar refractivity (Wildman–Crippen MR) is 84.3 cm³/mol. The van der Waals surface area contributed by atoms with Crippen molar-refractivity contribution in [2.45, 2.75) is 25.9 Å². The molecule has 1 fully saturated rings. The first-order valence-electron chi connectivity index (χ1n) is 7.58. The van der Waals surface area contributed by atoms with Crippen LogP contribution in [0.5, 0.6) is 0 Å². The first-order chi connectivity index (χ1) is 10.2. The zero-order chi connectivity index (χ0) is 15.1. The van der Waals surface area contributed by atoms with Crippen molar-refractivity contribution in [2.24, 2.45) is 5.73 Å². The van der Waals surface area contributed by atoms with E-state index in [2.05, 4.69) is 10.2 Å². The Labute approximate surface area is 126 Å². The van der Waals surface area contributed by atoms with Gasteiger partial charge in [-0.25, -0.2) is 0 Å². The normalized spacial score (nSPS) is 16.9. The van der Waals surface area contributed by atoms with Crippen molar-refractivity contribution in [1.82, 2.24) is 4.90 Å². The lowest BCUT2D eigenvalue weighted by molar-refractivity contribution is -0.118. The van der Waals surface area contributed by atoms with Gasteiger partial charge in [0.15, 0.2) is 0 Å². The lowest BCUT2D eigenvalue weighted by Gasteiger charge is -2.31. The molecule has 1 amide bonds. The minimum absolute atomic E-state index is 0.0435. The third-order valence-electron chi connectivity index (χ3n) is 3.68. The molecule has 3 N–H and O–H groups in total. The zero-order valence-electron chi connectivity index (χ0n) is 12.7. The second-order valence-corrected chi connectivity index (χ2v) is 5.55. The van der Waals surface area contributed by atoms with Gasteiger partial charge in [-0.05, 0) is 37.5 Å². The molecule has 21 heavy (non-hydrogen) atoms. The summed E-state index contributed by atoms with van der Waals surface area (Å²) in [5, 5.41) is 2.95. The van der Waals surface area contributed by atoms with Crippen molar-refractivity contribution in [3.8, 4) is 0 Å². The van der Waals surface area contributed by atoms with E-state index < -0.39 is 0 Å². The average Bonchev–Trinajstić information content (AvgIpc) is 2.46. The average molecular weight is 291 g/mol. The third kappa shape index (κ3) is 5.46. The molecule has 0 bridgehead atoms. The van der Waals surface area contributed by atoms with Gasteiger partial charge in [0, 0.05) is 25.3 Å². The number of rotatable bonds is 6. The fourth-order valence-electron chi connectivity index (χ4n) is 2.60. The summed E-state index contributed by atoms with van der Waals surface area (Å²) in [6.07, 6.45) is 2.24. The van der Waals surface area contributed by atoms with Crippen LogP contribution in [0.1, 0.15) is 18.4 Å². The van der Waals surface area contributed by atoms with E-state index in [0.29, 0.717) is 25.8 Å². The maximum absolute atomic E-state index is 12.0. The number of carbonyl (C=O) groups is 1.